The zero-order valence-electron chi connectivity index (χ0n) is 10.7. The van der Waals surface area contributed by atoms with Gasteiger partial charge in [-0.2, -0.15) is 0 Å². The molecule has 0 aliphatic heterocycles. The summed E-state index contributed by atoms with van der Waals surface area (Å²) < 4.78 is 19.4. The van der Waals surface area contributed by atoms with Gasteiger partial charge in [0.15, 0.2) is 0 Å². The van der Waals surface area contributed by atoms with Crippen molar-refractivity contribution in [3.05, 3.63) is 34.1 Å². The molecule has 3 nitrogen and oxygen atoms in total. The Balaban J connectivity index is 2.55. The van der Waals surface area contributed by atoms with Gasteiger partial charge in [0.1, 0.15) is 5.82 Å². The number of carbonyl (C=O) groups excluding carboxylic acids is 1. The van der Waals surface area contributed by atoms with E-state index < -0.39 is 5.60 Å². The third-order valence-corrected chi connectivity index (χ3v) is 3.12. The number of hydrogen-bond donors (Lipinski definition) is 1. The summed E-state index contributed by atoms with van der Waals surface area (Å²) >= 11 is 3.26. The summed E-state index contributed by atoms with van der Waals surface area (Å²) in [6, 6.07) is 4.64. The van der Waals surface area contributed by atoms with Gasteiger partial charge in [-0.1, -0.05) is 15.9 Å². The maximum absolute atomic E-state index is 13.4. The zero-order chi connectivity index (χ0) is 13.8. The van der Waals surface area contributed by atoms with Crippen molar-refractivity contribution in [2.24, 2.45) is 0 Å². The van der Waals surface area contributed by atoms with Crippen LogP contribution in [0.2, 0.25) is 0 Å². The fraction of sp³-hybridized carbons (Fsp3) is 0.462. The van der Waals surface area contributed by atoms with Crippen LogP contribution in [0.15, 0.2) is 22.7 Å². The van der Waals surface area contributed by atoms with Crippen LogP contribution in [0.25, 0.3) is 0 Å². The summed E-state index contributed by atoms with van der Waals surface area (Å²) in [6.07, 6.45) is 0.235. The van der Waals surface area contributed by atoms with E-state index in [1.54, 1.807) is 19.2 Å². The quantitative estimate of drug-likeness (QED) is 0.906. The Hall–Kier alpha value is -0.940. The lowest BCUT2D eigenvalue weighted by molar-refractivity contribution is -0.126. The lowest BCUT2D eigenvalue weighted by Gasteiger charge is -2.21. The van der Waals surface area contributed by atoms with E-state index in [1.165, 1.54) is 6.07 Å². The van der Waals surface area contributed by atoms with Gasteiger partial charge in [-0.25, -0.2) is 4.39 Å². The van der Waals surface area contributed by atoms with Crippen molar-refractivity contribution in [3.8, 4) is 0 Å². The number of carbonyl (C=O) groups is 1. The smallest absolute Gasteiger partial charge is 0.223 e. The zero-order valence-corrected chi connectivity index (χ0v) is 12.3. The summed E-state index contributed by atoms with van der Waals surface area (Å²) in [6.45, 7) is 3.82. The van der Waals surface area contributed by atoms with Crippen molar-refractivity contribution >= 4 is 21.8 Å². The van der Waals surface area contributed by atoms with E-state index in [9.17, 15) is 9.18 Å². The van der Waals surface area contributed by atoms with Gasteiger partial charge in [0.25, 0.3) is 0 Å². The standard InChI is InChI=1S/C13H17BrFNO2/c1-13(2,18-3)7-12(17)16-8-9-6-10(14)4-5-11(9)15/h4-6H,7-8H2,1-3H3,(H,16,17). The Morgan fingerprint density at radius 2 is 2.17 bits per heavy atom. The predicted octanol–water partition coefficient (Wildman–Crippen LogP) is 3.02. The molecule has 0 bridgehead atoms. The lowest BCUT2D eigenvalue weighted by atomic mass is 10.0. The molecule has 18 heavy (non-hydrogen) atoms. The molecule has 1 amide bonds. The van der Waals surface area contributed by atoms with Crippen molar-refractivity contribution in [2.75, 3.05) is 7.11 Å². The molecule has 0 aliphatic carbocycles. The fourth-order valence-corrected chi connectivity index (χ4v) is 1.80. The minimum Gasteiger partial charge on any atom is -0.378 e. The SMILES string of the molecule is COC(C)(C)CC(=O)NCc1cc(Br)ccc1F. The molecule has 0 aromatic heterocycles. The van der Waals surface area contributed by atoms with Gasteiger partial charge < -0.3 is 10.1 Å². The molecule has 0 aliphatic rings. The van der Waals surface area contributed by atoms with E-state index in [0.29, 0.717) is 5.56 Å². The number of nitrogens with one attached hydrogen (secondary N) is 1. The highest BCUT2D eigenvalue weighted by Gasteiger charge is 2.20. The van der Waals surface area contributed by atoms with Crippen LogP contribution < -0.4 is 5.32 Å². The predicted molar refractivity (Wildman–Crippen MR) is 71.7 cm³/mol. The summed E-state index contributed by atoms with van der Waals surface area (Å²) in [5.74, 6) is -0.495. The summed E-state index contributed by atoms with van der Waals surface area (Å²) in [4.78, 5) is 11.7. The van der Waals surface area contributed by atoms with Gasteiger partial charge in [0.05, 0.1) is 12.0 Å². The van der Waals surface area contributed by atoms with Crippen molar-refractivity contribution in [3.63, 3.8) is 0 Å². The largest absolute Gasteiger partial charge is 0.378 e. The van der Waals surface area contributed by atoms with Crippen molar-refractivity contribution in [1.29, 1.82) is 0 Å². The third kappa shape index (κ3) is 4.74. The minimum atomic E-state index is -0.514. The van der Waals surface area contributed by atoms with Crippen LogP contribution >= 0.6 is 15.9 Å². The highest BCUT2D eigenvalue weighted by Crippen LogP contribution is 2.16. The highest BCUT2D eigenvalue weighted by molar-refractivity contribution is 9.10. The number of methoxy groups -OCH3 is 1. The molecule has 0 saturated carbocycles. The Morgan fingerprint density at radius 1 is 1.50 bits per heavy atom. The van der Waals surface area contributed by atoms with Crippen LogP contribution in [0.5, 0.6) is 0 Å². The van der Waals surface area contributed by atoms with Crippen molar-refractivity contribution in [1.82, 2.24) is 5.32 Å². The molecule has 0 radical (unpaired) electrons. The van der Waals surface area contributed by atoms with Crippen LogP contribution in [0, 0.1) is 5.82 Å². The van der Waals surface area contributed by atoms with Gasteiger partial charge in [0, 0.05) is 23.7 Å². The topological polar surface area (TPSA) is 38.3 Å². The van der Waals surface area contributed by atoms with Gasteiger partial charge in [0.2, 0.25) is 5.91 Å². The third-order valence-electron chi connectivity index (χ3n) is 2.62. The average molecular weight is 318 g/mol. The second-order valence-electron chi connectivity index (χ2n) is 4.65. The van der Waals surface area contributed by atoms with Gasteiger partial charge in [-0.3, -0.25) is 4.79 Å². The highest BCUT2D eigenvalue weighted by atomic mass is 79.9. The number of amides is 1. The summed E-state index contributed by atoms with van der Waals surface area (Å²) in [5.41, 5.74) is -0.0622. The molecular weight excluding hydrogens is 301 g/mol. The number of hydrogen-bond acceptors (Lipinski definition) is 2. The van der Waals surface area contributed by atoms with Gasteiger partial charge >= 0.3 is 0 Å². The molecule has 0 spiro atoms. The molecule has 0 fully saturated rings. The van der Waals surface area contributed by atoms with E-state index in [2.05, 4.69) is 21.2 Å². The van der Waals surface area contributed by atoms with E-state index in [0.717, 1.165) is 4.47 Å². The monoisotopic (exact) mass is 317 g/mol. The molecule has 1 aromatic carbocycles. The molecular formula is C13H17BrFNO2. The van der Waals surface area contributed by atoms with Crippen molar-refractivity contribution in [2.45, 2.75) is 32.4 Å². The summed E-state index contributed by atoms with van der Waals surface area (Å²) in [5, 5.41) is 2.68. The Morgan fingerprint density at radius 3 is 2.78 bits per heavy atom. The van der Waals surface area contributed by atoms with Gasteiger partial charge in [-0.15, -0.1) is 0 Å². The molecule has 5 heteroatoms. The number of rotatable bonds is 5. The molecule has 0 saturated heterocycles. The molecule has 0 heterocycles. The normalized spacial score (nSPS) is 11.4. The van der Waals surface area contributed by atoms with Crippen LogP contribution in [-0.2, 0) is 16.1 Å². The second kappa shape index (κ2) is 6.29. The molecule has 0 atom stereocenters. The Labute approximate surface area is 115 Å². The Bertz CT molecular complexity index is 435. The average Bonchev–Trinajstić information content (AvgIpc) is 2.30. The van der Waals surface area contributed by atoms with Gasteiger partial charge in [-0.05, 0) is 32.0 Å². The molecule has 100 valence electrons. The van der Waals surface area contributed by atoms with Crippen molar-refractivity contribution < 1.29 is 13.9 Å². The fourth-order valence-electron chi connectivity index (χ4n) is 1.39. The van der Waals surface area contributed by atoms with Crippen LogP contribution in [0.4, 0.5) is 4.39 Å². The van der Waals surface area contributed by atoms with Crippen LogP contribution in [-0.4, -0.2) is 18.6 Å². The molecule has 1 aromatic rings. The first kappa shape index (κ1) is 15.1. The number of ether oxygens (including phenoxy) is 1. The molecule has 1 N–H and O–H groups in total. The maximum atomic E-state index is 13.4. The second-order valence-corrected chi connectivity index (χ2v) is 5.57. The van der Waals surface area contributed by atoms with E-state index in [4.69, 9.17) is 4.74 Å². The van der Waals surface area contributed by atoms with E-state index in [1.807, 2.05) is 13.8 Å². The number of halogens is 2. The minimum absolute atomic E-state index is 0.166. The molecule has 0 unspecified atom stereocenters. The lowest BCUT2D eigenvalue weighted by Crippen LogP contribution is -2.33. The Kier molecular flexibility index (Phi) is 5.28. The maximum Gasteiger partial charge on any atom is 0.223 e. The number of benzene rings is 1. The van der Waals surface area contributed by atoms with Crippen LogP contribution in [0.3, 0.4) is 0 Å². The van der Waals surface area contributed by atoms with E-state index >= 15 is 0 Å². The first-order chi connectivity index (χ1) is 8.34. The van der Waals surface area contributed by atoms with Crippen LogP contribution in [0.1, 0.15) is 25.8 Å². The van der Waals surface area contributed by atoms with E-state index in [-0.39, 0.29) is 24.7 Å². The summed E-state index contributed by atoms with van der Waals surface area (Å²) in [7, 11) is 1.56. The molecule has 1 rings (SSSR count). The first-order valence-electron chi connectivity index (χ1n) is 5.60. The first-order valence-corrected chi connectivity index (χ1v) is 6.39.